The predicted octanol–water partition coefficient (Wildman–Crippen LogP) is 4.07. The number of amides is 1. The van der Waals surface area contributed by atoms with Crippen LogP contribution in [-0.2, 0) is 4.79 Å². The van der Waals surface area contributed by atoms with Crippen LogP contribution >= 0.6 is 0 Å². The molecule has 0 saturated heterocycles. The molecule has 3 heteroatoms. The lowest BCUT2D eigenvalue weighted by Gasteiger charge is -2.21. The first kappa shape index (κ1) is 15.8. The van der Waals surface area contributed by atoms with E-state index in [1.165, 1.54) is 0 Å². The molecule has 2 aromatic rings. The van der Waals surface area contributed by atoms with Gasteiger partial charge in [-0.3, -0.25) is 4.79 Å². The minimum atomic E-state index is -0.0207. The number of rotatable bonds is 5. The molecule has 114 valence electrons. The maximum Gasteiger partial charge on any atom is 0.250 e. The second kappa shape index (κ2) is 7.46. The molecule has 22 heavy (non-hydrogen) atoms. The van der Waals surface area contributed by atoms with E-state index < -0.39 is 0 Å². The Kier molecular flexibility index (Phi) is 5.37. The summed E-state index contributed by atoms with van der Waals surface area (Å²) in [6.07, 6.45) is 3.43. The maximum absolute atomic E-state index is 12.4. The lowest BCUT2D eigenvalue weighted by Crippen LogP contribution is -2.29. The number of anilines is 1. The molecule has 0 aromatic heterocycles. The van der Waals surface area contributed by atoms with Gasteiger partial charge in [-0.15, -0.1) is 0 Å². The Labute approximate surface area is 131 Å². The Bertz CT molecular complexity index is 659. The van der Waals surface area contributed by atoms with E-state index in [1.54, 1.807) is 18.1 Å². The highest BCUT2D eigenvalue weighted by Crippen LogP contribution is 2.20. The highest BCUT2D eigenvalue weighted by Gasteiger charge is 2.12. The van der Waals surface area contributed by atoms with Crippen molar-refractivity contribution in [2.24, 2.45) is 0 Å². The van der Waals surface area contributed by atoms with Crippen LogP contribution in [0.1, 0.15) is 18.1 Å². The number of carbonyl (C=O) groups is 1. The normalized spacial score (nSPS) is 10.7. The Balaban J connectivity index is 2.15. The van der Waals surface area contributed by atoms with Crippen LogP contribution in [0.4, 0.5) is 5.69 Å². The number of carbonyl (C=O) groups excluding carboxylic acids is 1. The van der Waals surface area contributed by atoms with Crippen LogP contribution in [0.3, 0.4) is 0 Å². The van der Waals surface area contributed by atoms with Gasteiger partial charge in [0, 0.05) is 18.3 Å². The van der Waals surface area contributed by atoms with Crippen molar-refractivity contribution in [2.45, 2.75) is 13.8 Å². The van der Waals surface area contributed by atoms with Crippen molar-refractivity contribution in [1.82, 2.24) is 0 Å². The van der Waals surface area contributed by atoms with Gasteiger partial charge in [-0.1, -0.05) is 30.3 Å². The van der Waals surface area contributed by atoms with Gasteiger partial charge in [0.25, 0.3) is 5.91 Å². The van der Waals surface area contributed by atoms with Gasteiger partial charge < -0.3 is 9.64 Å². The fourth-order valence-electron chi connectivity index (χ4n) is 2.28. The second-order valence-corrected chi connectivity index (χ2v) is 4.98. The average Bonchev–Trinajstić information content (AvgIpc) is 2.56. The molecule has 0 atom stereocenters. The van der Waals surface area contributed by atoms with E-state index in [-0.39, 0.29) is 5.91 Å². The lowest BCUT2D eigenvalue weighted by molar-refractivity contribution is -0.114. The summed E-state index contributed by atoms with van der Waals surface area (Å²) in [6.45, 7) is 4.63. The molecule has 0 N–H and O–H groups in total. The lowest BCUT2D eigenvalue weighted by atomic mass is 10.1. The van der Waals surface area contributed by atoms with Crippen LogP contribution in [0.2, 0.25) is 0 Å². The minimum absolute atomic E-state index is 0.0207. The molecule has 0 aliphatic heterocycles. The third-order valence-electron chi connectivity index (χ3n) is 3.52. The van der Waals surface area contributed by atoms with E-state index in [0.717, 1.165) is 22.6 Å². The molecule has 2 aromatic carbocycles. The largest absolute Gasteiger partial charge is 0.497 e. The number of nitrogens with zero attached hydrogens (tertiary/aromatic N) is 1. The van der Waals surface area contributed by atoms with E-state index in [4.69, 9.17) is 4.74 Å². The number of hydrogen-bond donors (Lipinski definition) is 0. The van der Waals surface area contributed by atoms with Crippen molar-refractivity contribution in [1.29, 1.82) is 0 Å². The molecule has 0 radical (unpaired) electrons. The third kappa shape index (κ3) is 3.76. The number of methoxy groups -OCH3 is 1. The van der Waals surface area contributed by atoms with Crippen molar-refractivity contribution in [3.63, 3.8) is 0 Å². The van der Waals surface area contributed by atoms with Crippen molar-refractivity contribution >= 4 is 17.7 Å². The van der Waals surface area contributed by atoms with Crippen molar-refractivity contribution in [3.05, 3.63) is 65.7 Å². The molecule has 0 spiro atoms. The quantitative estimate of drug-likeness (QED) is 0.778. The van der Waals surface area contributed by atoms with E-state index in [9.17, 15) is 4.79 Å². The van der Waals surface area contributed by atoms with Gasteiger partial charge in [-0.25, -0.2) is 0 Å². The summed E-state index contributed by atoms with van der Waals surface area (Å²) in [5.74, 6) is 0.784. The fourth-order valence-corrected chi connectivity index (χ4v) is 2.28. The zero-order valence-electron chi connectivity index (χ0n) is 13.2. The number of likely N-dealkylation sites (N-methyl/N-ethyl adjacent to an activating group) is 1. The van der Waals surface area contributed by atoms with Gasteiger partial charge in [0.05, 0.1) is 7.11 Å². The van der Waals surface area contributed by atoms with Gasteiger partial charge in [-0.2, -0.15) is 0 Å². The molecule has 2 rings (SSSR count). The molecule has 0 fully saturated rings. The van der Waals surface area contributed by atoms with Gasteiger partial charge in [0.2, 0.25) is 0 Å². The predicted molar refractivity (Wildman–Crippen MR) is 91.2 cm³/mol. The van der Waals surface area contributed by atoms with Gasteiger partial charge in [0.15, 0.2) is 0 Å². The number of aryl methyl sites for hydroxylation is 1. The van der Waals surface area contributed by atoms with Gasteiger partial charge >= 0.3 is 0 Å². The molecular weight excluding hydrogens is 274 g/mol. The second-order valence-electron chi connectivity index (χ2n) is 4.98. The average molecular weight is 295 g/mol. The Hall–Kier alpha value is -2.55. The Morgan fingerprint density at radius 2 is 1.82 bits per heavy atom. The topological polar surface area (TPSA) is 29.5 Å². The first-order valence-electron chi connectivity index (χ1n) is 7.35. The van der Waals surface area contributed by atoms with Crippen LogP contribution in [0, 0.1) is 6.92 Å². The zero-order chi connectivity index (χ0) is 15.9. The summed E-state index contributed by atoms with van der Waals surface area (Å²) >= 11 is 0. The SMILES string of the molecule is CCN(C(=O)/C=C/c1ccc(OC)cc1)c1ccccc1C. The first-order chi connectivity index (χ1) is 10.7. The summed E-state index contributed by atoms with van der Waals surface area (Å²) in [5, 5.41) is 0. The van der Waals surface area contributed by atoms with E-state index >= 15 is 0 Å². The van der Waals surface area contributed by atoms with E-state index in [2.05, 4.69) is 0 Å². The number of hydrogen-bond acceptors (Lipinski definition) is 2. The van der Waals surface area contributed by atoms with Crippen LogP contribution in [0.5, 0.6) is 5.75 Å². The summed E-state index contributed by atoms with van der Waals surface area (Å²) in [5.41, 5.74) is 3.01. The first-order valence-corrected chi connectivity index (χ1v) is 7.35. The maximum atomic E-state index is 12.4. The monoisotopic (exact) mass is 295 g/mol. The van der Waals surface area contributed by atoms with Crippen molar-refractivity contribution in [2.75, 3.05) is 18.6 Å². The van der Waals surface area contributed by atoms with Crippen molar-refractivity contribution < 1.29 is 9.53 Å². The summed E-state index contributed by atoms with van der Waals surface area (Å²) in [6, 6.07) is 15.5. The molecule has 0 aliphatic rings. The number of benzene rings is 2. The summed E-state index contributed by atoms with van der Waals surface area (Å²) in [4.78, 5) is 14.2. The van der Waals surface area contributed by atoms with E-state index in [1.807, 2.05) is 68.5 Å². The summed E-state index contributed by atoms with van der Waals surface area (Å²) < 4.78 is 5.12. The molecule has 0 heterocycles. The van der Waals surface area contributed by atoms with E-state index in [0.29, 0.717) is 6.54 Å². The molecule has 1 amide bonds. The Morgan fingerprint density at radius 3 is 2.41 bits per heavy atom. The standard InChI is InChI=1S/C19H21NO2/c1-4-20(18-8-6-5-7-15(18)2)19(21)14-11-16-9-12-17(22-3)13-10-16/h5-14H,4H2,1-3H3/b14-11+. The smallest absolute Gasteiger partial charge is 0.250 e. The molecule has 0 bridgehead atoms. The molecular formula is C19H21NO2. The van der Waals surface area contributed by atoms with Crippen LogP contribution < -0.4 is 9.64 Å². The molecule has 0 unspecified atom stereocenters. The molecule has 0 saturated carbocycles. The van der Waals surface area contributed by atoms with Crippen LogP contribution in [0.15, 0.2) is 54.6 Å². The Morgan fingerprint density at radius 1 is 1.14 bits per heavy atom. The highest BCUT2D eigenvalue weighted by molar-refractivity contribution is 6.04. The van der Waals surface area contributed by atoms with Gasteiger partial charge in [0.1, 0.15) is 5.75 Å². The fraction of sp³-hybridized carbons (Fsp3) is 0.211. The summed E-state index contributed by atoms with van der Waals surface area (Å²) in [7, 11) is 1.63. The number of para-hydroxylation sites is 1. The van der Waals surface area contributed by atoms with Crippen LogP contribution in [-0.4, -0.2) is 19.6 Å². The molecule has 0 aliphatic carbocycles. The third-order valence-corrected chi connectivity index (χ3v) is 3.52. The highest BCUT2D eigenvalue weighted by atomic mass is 16.5. The van der Waals surface area contributed by atoms with Crippen molar-refractivity contribution in [3.8, 4) is 5.75 Å². The zero-order valence-corrected chi connectivity index (χ0v) is 13.2. The van der Waals surface area contributed by atoms with Crippen LogP contribution in [0.25, 0.3) is 6.08 Å². The number of ether oxygens (including phenoxy) is 1. The van der Waals surface area contributed by atoms with Gasteiger partial charge in [-0.05, 0) is 49.2 Å². The molecule has 3 nitrogen and oxygen atoms in total. The minimum Gasteiger partial charge on any atom is -0.497 e.